The number of H-pyrrole nitrogens is 1. The topological polar surface area (TPSA) is 90.1 Å². The van der Waals surface area contributed by atoms with Gasteiger partial charge in [0.2, 0.25) is 5.91 Å². The number of hydrogen-bond donors (Lipinski definition) is 3. The van der Waals surface area contributed by atoms with Gasteiger partial charge in [-0.25, -0.2) is 4.98 Å². The van der Waals surface area contributed by atoms with E-state index in [1.165, 1.54) is 18.0 Å². The Labute approximate surface area is 151 Å². The standard InChI is InChI=1S/C19H23N5O2/c25-17-6-16(22-13-23-17)8-21-18(26)19-11-20-7-15(19)10-24(12-19)9-14-4-2-1-3-5-14/h1-6,13,15,20H,7-12H2,(H,21,26)(H,22,23,25)/t15-,19-/m1/s1. The van der Waals surface area contributed by atoms with Crippen LogP contribution in [0.25, 0.3) is 0 Å². The van der Waals surface area contributed by atoms with Crippen LogP contribution in [0.15, 0.2) is 47.5 Å². The van der Waals surface area contributed by atoms with E-state index in [1.807, 2.05) is 18.2 Å². The second-order valence-corrected chi connectivity index (χ2v) is 7.22. The number of aromatic amines is 1. The fraction of sp³-hybridized carbons (Fsp3) is 0.421. The van der Waals surface area contributed by atoms with Crippen LogP contribution in [0.5, 0.6) is 0 Å². The van der Waals surface area contributed by atoms with Gasteiger partial charge in [0.1, 0.15) is 0 Å². The number of likely N-dealkylation sites (tertiary alicyclic amines) is 1. The van der Waals surface area contributed by atoms with Crippen molar-refractivity contribution in [3.05, 3.63) is 64.3 Å². The van der Waals surface area contributed by atoms with Crippen molar-refractivity contribution in [3.8, 4) is 0 Å². The van der Waals surface area contributed by atoms with Gasteiger partial charge in [0.05, 0.1) is 24.0 Å². The normalized spacial score (nSPS) is 25.2. The highest BCUT2D eigenvalue weighted by Crippen LogP contribution is 2.39. The lowest BCUT2D eigenvalue weighted by Gasteiger charge is -2.27. The molecule has 1 aromatic carbocycles. The summed E-state index contributed by atoms with van der Waals surface area (Å²) in [4.78, 5) is 33.3. The molecular formula is C19H23N5O2. The summed E-state index contributed by atoms with van der Waals surface area (Å²) in [5.74, 6) is 0.350. The minimum atomic E-state index is -0.407. The van der Waals surface area contributed by atoms with Gasteiger partial charge in [-0.05, 0) is 5.56 Å². The Morgan fingerprint density at radius 3 is 3.00 bits per heavy atom. The van der Waals surface area contributed by atoms with E-state index in [1.54, 1.807) is 0 Å². The summed E-state index contributed by atoms with van der Waals surface area (Å²) >= 11 is 0. The molecule has 0 saturated carbocycles. The van der Waals surface area contributed by atoms with Crippen LogP contribution in [-0.4, -0.2) is 47.0 Å². The van der Waals surface area contributed by atoms with Gasteiger partial charge in [-0.3, -0.25) is 14.5 Å². The van der Waals surface area contributed by atoms with Crippen molar-refractivity contribution in [3.63, 3.8) is 0 Å². The third kappa shape index (κ3) is 3.27. The summed E-state index contributed by atoms with van der Waals surface area (Å²) in [6.45, 7) is 4.35. The van der Waals surface area contributed by atoms with Crippen LogP contribution < -0.4 is 16.2 Å². The Kier molecular flexibility index (Phi) is 4.57. The molecule has 2 aliphatic rings. The van der Waals surface area contributed by atoms with Gasteiger partial charge in [-0.1, -0.05) is 30.3 Å². The van der Waals surface area contributed by atoms with Crippen LogP contribution in [0.3, 0.4) is 0 Å². The number of rotatable bonds is 5. The molecule has 2 saturated heterocycles. The summed E-state index contributed by atoms with van der Waals surface area (Å²) in [6.07, 6.45) is 1.36. The number of carbonyl (C=O) groups excluding carboxylic acids is 1. The highest BCUT2D eigenvalue weighted by molar-refractivity contribution is 5.84. The molecule has 2 aliphatic heterocycles. The third-order valence-electron chi connectivity index (χ3n) is 5.46. The number of fused-ring (bicyclic) bond motifs is 1. The Bertz CT molecular complexity index is 837. The fourth-order valence-corrected chi connectivity index (χ4v) is 4.16. The lowest BCUT2D eigenvalue weighted by atomic mass is 9.80. The van der Waals surface area contributed by atoms with E-state index in [0.29, 0.717) is 18.2 Å². The van der Waals surface area contributed by atoms with Crippen molar-refractivity contribution in [2.75, 3.05) is 26.2 Å². The van der Waals surface area contributed by atoms with Crippen molar-refractivity contribution in [2.24, 2.45) is 11.3 Å². The molecule has 1 amide bonds. The minimum Gasteiger partial charge on any atom is -0.350 e. The predicted octanol–water partition coefficient (Wildman–Crippen LogP) is 0.108. The zero-order valence-corrected chi connectivity index (χ0v) is 14.6. The third-order valence-corrected chi connectivity index (χ3v) is 5.46. The van der Waals surface area contributed by atoms with Gasteiger partial charge in [-0.15, -0.1) is 0 Å². The zero-order valence-electron chi connectivity index (χ0n) is 14.6. The lowest BCUT2D eigenvalue weighted by Crippen LogP contribution is -2.47. The molecule has 0 unspecified atom stereocenters. The molecule has 3 heterocycles. The summed E-state index contributed by atoms with van der Waals surface area (Å²) < 4.78 is 0. The van der Waals surface area contributed by atoms with Gasteiger partial charge in [-0.2, -0.15) is 0 Å². The number of carbonyl (C=O) groups is 1. The molecule has 0 spiro atoms. The average molecular weight is 353 g/mol. The first-order chi connectivity index (χ1) is 12.7. The number of hydrogen-bond acceptors (Lipinski definition) is 5. The smallest absolute Gasteiger partial charge is 0.250 e. The van der Waals surface area contributed by atoms with Crippen molar-refractivity contribution in [1.82, 2.24) is 25.5 Å². The molecule has 0 radical (unpaired) electrons. The molecule has 26 heavy (non-hydrogen) atoms. The van der Waals surface area contributed by atoms with E-state index in [0.717, 1.165) is 26.2 Å². The maximum absolute atomic E-state index is 13.0. The minimum absolute atomic E-state index is 0.0464. The first kappa shape index (κ1) is 16.9. The molecule has 0 aliphatic carbocycles. The van der Waals surface area contributed by atoms with Crippen LogP contribution in [0.1, 0.15) is 11.3 Å². The lowest BCUT2D eigenvalue weighted by molar-refractivity contribution is -0.131. The summed E-state index contributed by atoms with van der Waals surface area (Å²) in [5.41, 5.74) is 1.22. The molecule has 7 nitrogen and oxygen atoms in total. The molecule has 2 atom stereocenters. The highest BCUT2D eigenvalue weighted by atomic mass is 16.2. The highest BCUT2D eigenvalue weighted by Gasteiger charge is 2.54. The molecule has 136 valence electrons. The molecule has 7 heteroatoms. The van der Waals surface area contributed by atoms with Gasteiger partial charge >= 0.3 is 0 Å². The van der Waals surface area contributed by atoms with Crippen LogP contribution >= 0.6 is 0 Å². The largest absolute Gasteiger partial charge is 0.350 e. The molecule has 2 fully saturated rings. The van der Waals surface area contributed by atoms with Crippen LogP contribution in [0.4, 0.5) is 0 Å². The Balaban J connectivity index is 1.43. The number of nitrogens with zero attached hydrogens (tertiary/aromatic N) is 2. The molecule has 3 N–H and O–H groups in total. The second kappa shape index (κ2) is 7.01. The monoisotopic (exact) mass is 353 g/mol. The van der Waals surface area contributed by atoms with Gasteiger partial charge in [0.25, 0.3) is 5.56 Å². The molecule has 1 aromatic heterocycles. The molecular weight excluding hydrogens is 330 g/mol. The summed E-state index contributed by atoms with van der Waals surface area (Å²) in [5, 5.41) is 6.37. The van der Waals surface area contributed by atoms with E-state index in [-0.39, 0.29) is 18.0 Å². The maximum Gasteiger partial charge on any atom is 0.250 e. The number of benzene rings is 1. The van der Waals surface area contributed by atoms with Crippen LogP contribution in [0, 0.1) is 11.3 Å². The van der Waals surface area contributed by atoms with Crippen LogP contribution in [-0.2, 0) is 17.9 Å². The quantitative estimate of drug-likeness (QED) is 0.710. The van der Waals surface area contributed by atoms with Crippen molar-refractivity contribution in [2.45, 2.75) is 13.1 Å². The van der Waals surface area contributed by atoms with Crippen molar-refractivity contribution in [1.29, 1.82) is 0 Å². The number of nitrogens with one attached hydrogen (secondary N) is 3. The first-order valence-corrected chi connectivity index (χ1v) is 8.95. The summed E-state index contributed by atoms with van der Waals surface area (Å²) in [6, 6.07) is 11.8. The Morgan fingerprint density at radius 2 is 2.19 bits per heavy atom. The van der Waals surface area contributed by atoms with E-state index < -0.39 is 5.41 Å². The van der Waals surface area contributed by atoms with E-state index in [9.17, 15) is 9.59 Å². The fourth-order valence-electron chi connectivity index (χ4n) is 4.16. The number of aromatic nitrogens is 2. The van der Waals surface area contributed by atoms with E-state index >= 15 is 0 Å². The SMILES string of the molecule is O=C(NCc1cc(=O)[nH]cn1)[C@@]12CNC[C@@H]1CN(Cc1ccccc1)C2. The number of amides is 1. The van der Waals surface area contributed by atoms with Crippen molar-refractivity contribution >= 4 is 5.91 Å². The first-order valence-electron chi connectivity index (χ1n) is 8.95. The van der Waals surface area contributed by atoms with E-state index in [2.05, 4.69) is 37.6 Å². The Hall–Kier alpha value is -2.51. The molecule has 4 rings (SSSR count). The Morgan fingerprint density at radius 1 is 1.35 bits per heavy atom. The van der Waals surface area contributed by atoms with Gasteiger partial charge < -0.3 is 15.6 Å². The maximum atomic E-state index is 13.0. The van der Waals surface area contributed by atoms with E-state index in [4.69, 9.17) is 0 Å². The second-order valence-electron chi connectivity index (χ2n) is 7.22. The van der Waals surface area contributed by atoms with Gasteiger partial charge in [0, 0.05) is 44.7 Å². The summed E-state index contributed by atoms with van der Waals surface area (Å²) in [7, 11) is 0. The zero-order chi connectivity index (χ0) is 18.0. The van der Waals surface area contributed by atoms with Gasteiger partial charge in [0.15, 0.2) is 0 Å². The predicted molar refractivity (Wildman–Crippen MR) is 97.2 cm³/mol. The van der Waals surface area contributed by atoms with Crippen molar-refractivity contribution < 1.29 is 4.79 Å². The average Bonchev–Trinajstić information content (AvgIpc) is 3.18. The molecule has 0 bridgehead atoms. The van der Waals surface area contributed by atoms with Crippen LogP contribution in [0.2, 0.25) is 0 Å². The molecule has 2 aromatic rings.